The number of nitrogens with one attached hydrogen (secondary N) is 1. The Balaban J connectivity index is 2.06. The molecular formula is C13H17N3O5. The SMILES string of the molecule is CO[C@H]1C(O)[C@@H](CO)O[C@H]1n1cc2cc(C)[nH]c2nc1=O. The van der Waals surface area contributed by atoms with Gasteiger partial charge in [0.25, 0.3) is 0 Å². The predicted molar refractivity (Wildman–Crippen MR) is 72.9 cm³/mol. The zero-order valence-electron chi connectivity index (χ0n) is 11.7. The fraction of sp³-hybridized carbons (Fsp3) is 0.538. The quantitative estimate of drug-likeness (QED) is 0.690. The minimum absolute atomic E-state index is 0.356. The van der Waals surface area contributed by atoms with Gasteiger partial charge >= 0.3 is 5.69 Å². The van der Waals surface area contributed by atoms with Crippen LogP contribution in [0.5, 0.6) is 0 Å². The van der Waals surface area contributed by atoms with Crippen LogP contribution in [0.4, 0.5) is 0 Å². The van der Waals surface area contributed by atoms with Crippen molar-refractivity contribution in [3.8, 4) is 0 Å². The van der Waals surface area contributed by atoms with Crippen molar-refractivity contribution < 1.29 is 19.7 Å². The number of nitrogens with zero attached hydrogens (tertiary/aromatic N) is 2. The number of rotatable bonds is 3. The molecule has 0 aromatic carbocycles. The Bertz CT molecular complexity index is 709. The molecule has 114 valence electrons. The molecule has 0 amide bonds. The molecule has 3 N–H and O–H groups in total. The van der Waals surface area contributed by atoms with Gasteiger partial charge in [-0.3, -0.25) is 4.57 Å². The number of aliphatic hydroxyl groups is 2. The first-order chi connectivity index (χ1) is 10.0. The van der Waals surface area contributed by atoms with Crippen LogP contribution in [0.15, 0.2) is 17.1 Å². The molecule has 4 atom stereocenters. The Morgan fingerprint density at radius 1 is 1.57 bits per heavy atom. The molecule has 2 aromatic rings. The number of ether oxygens (including phenoxy) is 2. The second-order valence-corrected chi connectivity index (χ2v) is 5.13. The second-order valence-electron chi connectivity index (χ2n) is 5.13. The van der Waals surface area contributed by atoms with Crippen molar-refractivity contribution in [3.63, 3.8) is 0 Å². The molecule has 0 aliphatic carbocycles. The van der Waals surface area contributed by atoms with E-state index in [1.165, 1.54) is 11.7 Å². The van der Waals surface area contributed by atoms with Gasteiger partial charge in [0.15, 0.2) is 6.23 Å². The molecule has 1 fully saturated rings. The second kappa shape index (κ2) is 5.23. The monoisotopic (exact) mass is 295 g/mol. The molecule has 8 nitrogen and oxygen atoms in total. The number of hydrogen-bond donors (Lipinski definition) is 3. The number of fused-ring (bicyclic) bond motifs is 1. The third-order valence-electron chi connectivity index (χ3n) is 3.71. The van der Waals surface area contributed by atoms with Gasteiger partial charge in [0, 0.05) is 24.4 Å². The molecule has 0 bridgehead atoms. The molecule has 0 spiro atoms. The lowest BCUT2D eigenvalue weighted by Crippen LogP contribution is -2.37. The number of aryl methyl sites for hydroxylation is 1. The third-order valence-corrected chi connectivity index (χ3v) is 3.71. The van der Waals surface area contributed by atoms with E-state index in [9.17, 15) is 15.0 Å². The highest BCUT2D eigenvalue weighted by Crippen LogP contribution is 2.30. The summed E-state index contributed by atoms with van der Waals surface area (Å²) in [7, 11) is 1.42. The molecule has 1 aliphatic heterocycles. The molecule has 0 radical (unpaired) electrons. The molecule has 3 rings (SSSR count). The van der Waals surface area contributed by atoms with Crippen LogP contribution in [0.1, 0.15) is 11.9 Å². The summed E-state index contributed by atoms with van der Waals surface area (Å²) in [5, 5.41) is 20.0. The average molecular weight is 295 g/mol. The Morgan fingerprint density at radius 3 is 3.00 bits per heavy atom. The van der Waals surface area contributed by atoms with Crippen LogP contribution >= 0.6 is 0 Å². The van der Waals surface area contributed by atoms with E-state index in [-0.39, 0.29) is 6.61 Å². The normalized spacial score (nSPS) is 29.3. The molecule has 1 aliphatic rings. The molecule has 0 saturated carbocycles. The number of aliphatic hydroxyl groups excluding tert-OH is 2. The topological polar surface area (TPSA) is 110 Å². The predicted octanol–water partition coefficient (Wildman–Crippen LogP) is -0.701. The van der Waals surface area contributed by atoms with Gasteiger partial charge in [0.2, 0.25) is 0 Å². The van der Waals surface area contributed by atoms with Crippen molar-refractivity contribution in [2.75, 3.05) is 13.7 Å². The molecule has 2 aromatic heterocycles. The van der Waals surface area contributed by atoms with Crippen LogP contribution in [-0.2, 0) is 9.47 Å². The maximum Gasteiger partial charge on any atom is 0.351 e. The van der Waals surface area contributed by atoms with Crippen LogP contribution < -0.4 is 5.69 Å². The van der Waals surface area contributed by atoms with Crippen molar-refractivity contribution in [1.82, 2.24) is 14.5 Å². The summed E-state index contributed by atoms with van der Waals surface area (Å²) in [5.74, 6) is 0. The minimum atomic E-state index is -1.01. The zero-order valence-corrected chi connectivity index (χ0v) is 11.7. The van der Waals surface area contributed by atoms with E-state index in [4.69, 9.17) is 9.47 Å². The molecule has 1 unspecified atom stereocenters. The van der Waals surface area contributed by atoms with Gasteiger partial charge in [-0.15, -0.1) is 0 Å². The maximum atomic E-state index is 12.1. The van der Waals surface area contributed by atoms with E-state index < -0.39 is 30.2 Å². The summed E-state index contributed by atoms with van der Waals surface area (Å²) in [5.41, 5.74) is 0.876. The van der Waals surface area contributed by atoms with Crippen LogP contribution in [0, 0.1) is 6.92 Å². The summed E-state index contributed by atoms with van der Waals surface area (Å²) in [6.07, 6.45) is -1.78. The van der Waals surface area contributed by atoms with E-state index in [0.29, 0.717) is 5.65 Å². The number of H-pyrrole nitrogens is 1. The lowest BCUT2D eigenvalue weighted by molar-refractivity contribution is -0.0622. The third kappa shape index (κ3) is 2.26. The molecule has 1 saturated heterocycles. The minimum Gasteiger partial charge on any atom is -0.394 e. The first-order valence-corrected chi connectivity index (χ1v) is 6.61. The van der Waals surface area contributed by atoms with Gasteiger partial charge in [0.05, 0.1) is 6.61 Å². The molecular weight excluding hydrogens is 278 g/mol. The van der Waals surface area contributed by atoms with Crippen LogP contribution in [0.25, 0.3) is 11.0 Å². The standard InChI is InChI=1S/C13H17N3O5/c1-6-3-7-4-16(13(19)15-11(7)14-6)12-10(20-2)9(18)8(5-17)21-12/h3-4,8-10,12,17-18H,5H2,1-2H3,(H,14,15,19)/t8-,9?,10+,12-/m1/s1. The van der Waals surface area contributed by atoms with Crippen molar-refractivity contribution in [2.45, 2.75) is 31.5 Å². The Kier molecular flexibility index (Phi) is 3.54. The van der Waals surface area contributed by atoms with Crippen LogP contribution in [0.2, 0.25) is 0 Å². The van der Waals surface area contributed by atoms with Crippen molar-refractivity contribution in [3.05, 3.63) is 28.4 Å². The first-order valence-electron chi connectivity index (χ1n) is 6.61. The number of aromatic amines is 1. The summed E-state index contributed by atoms with van der Waals surface area (Å²) < 4.78 is 12.0. The van der Waals surface area contributed by atoms with E-state index >= 15 is 0 Å². The van der Waals surface area contributed by atoms with Crippen LogP contribution in [0.3, 0.4) is 0 Å². The fourth-order valence-electron chi connectivity index (χ4n) is 2.68. The van der Waals surface area contributed by atoms with Crippen molar-refractivity contribution >= 4 is 11.0 Å². The lowest BCUT2D eigenvalue weighted by Gasteiger charge is -2.20. The van der Waals surface area contributed by atoms with Gasteiger partial charge < -0.3 is 24.7 Å². The largest absolute Gasteiger partial charge is 0.394 e. The molecule has 3 heterocycles. The average Bonchev–Trinajstić information content (AvgIpc) is 2.96. The Hall–Kier alpha value is -1.74. The number of hydrogen-bond acceptors (Lipinski definition) is 6. The summed E-state index contributed by atoms with van der Waals surface area (Å²) in [4.78, 5) is 19.1. The maximum absolute atomic E-state index is 12.1. The highest BCUT2D eigenvalue weighted by molar-refractivity contribution is 5.75. The van der Waals surface area contributed by atoms with Crippen molar-refractivity contribution in [1.29, 1.82) is 0 Å². The van der Waals surface area contributed by atoms with Gasteiger partial charge in [-0.05, 0) is 13.0 Å². The first kappa shape index (κ1) is 14.2. The highest BCUT2D eigenvalue weighted by Gasteiger charge is 2.45. The summed E-state index contributed by atoms with van der Waals surface area (Å²) in [6, 6.07) is 1.86. The molecule has 21 heavy (non-hydrogen) atoms. The van der Waals surface area contributed by atoms with Gasteiger partial charge in [-0.1, -0.05) is 0 Å². The van der Waals surface area contributed by atoms with E-state index in [1.54, 1.807) is 6.20 Å². The fourth-order valence-corrected chi connectivity index (χ4v) is 2.68. The zero-order chi connectivity index (χ0) is 15.1. The van der Waals surface area contributed by atoms with Gasteiger partial charge in [0.1, 0.15) is 24.0 Å². The van der Waals surface area contributed by atoms with Crippen molar-refractivity contribution in [2.24, 2.45) is 0 Å². The Morgan fingerprint density at radius 2 is 2.33 bits per heavy atom. The smallest absolute Gasteiger partial charge is 0.351 e. The summed E-state index contributed by atoms with van der Waals surface area (Å²) >= 11 is 0. The Labute approximate surface area is 119 Å². The van der Waals surface area contributed by atoms with E-state index in [1.807, 2.05) is 13.0 Å². The number of methoxy groups -OCH3 is 1. The van der Waals surface area contributed by atoms with E-state index in [0.717, 1.165) is 11.1 Å². The highest BCUT2D eigenvalue weighted by atomic mass is 16.6. The van der Waals surface area contributed by atoms with Gasteiger partial charge in [-0.25, -0.2) is 4.79 Å². The van der Waals surface area contributed by atoms with E-state index in [2.05, 4.69) is 9.97 Å². The number of aromatic nitrogens is 3. The van der Waals surface area contributed by atoms with Crippen LogP contribution in [-0.4, -0.2) is 56.8 Å². The molecule has 8 heteroatoms. The van der Waals surface area contributed by atoms with Gasteiger partial charge in [-0.2, -0.15) is 4.98 Å². The summed E-state index contributed by atoms with van der Waals surface area (Å²) in [6.45, 7) is 1.51. The lowest BCUT2D eigenvalue weighted by atomic mass is 10.1.